The molecule has 15 rings (SSSR count). The van der Waals surface area contributed by atoms with E-state index in [-0.39, 0.29) is 99.1 Å². The Morgan fingerprint density at radius 3 is 1.23 bits per heavy atom. The van der Waals surface area contributed by atoms with Gasteiger partial charge < -0.3 is 24.8 Å². The predicted molar refractivity (Wildman–Crippen MR) is 479 cm³/mol. The second-order valence-corrected chi connectivity index (χ2v) is 32.1. The first-order valence-electron chi connectivity index (χ1n) is 42.3. The van der Waals surface area contributed by atoms with Gasteiger partial charge in [0.2, 0.25) is 0 Å². The number of aromatic nitrogens is 6. The van der Waals surface area contributed by atoms with Gasteiger partial charge in [0.05, 0.1) is 66.1 Å². The molecule has 123 heavy (non-hydrogen) atoms. The normalized spacial score (nSPS) is 13.9. The van der Waals surface area contributed by atoms with Gasteiger partial charge >= 0.3 is 64.5 Å². The molecule has 22 heteroatoms. The maximum Gasteiger partial charge on any atom is 2.00 e. The van der Waals surface area contributed by atoms with Crippen molar-refractivity contribution in [3.63, 3.8) is 0 Å². The Kier molecular flexibility index (Phi) is 40.2. The predicted octanol–water partition coefficient (Wildman–Crippen LogP) is 19.8. The molecule has 6 aromatic heterocycles. The van der Waals surface area contributed by atoms with E-state index in [4.69, 9.17) is 14.2 Å². The monoisotopic (exact) mass is 1810 g/mol. The zero-order valence-corrected chi connectivity index (χ0v) is 80.6. The van der Waals surface area contributed by atoms with Crippen LogP contribution in [0.25, 0.3) is 32.3 Å². The molecule has 2 aliphatic heterocycles. The minimum absolute atomic E-state index is 0. The summed E-state index contributed by atoms with van der Waals surface area (Å²) in [7, 11) is 0. The van der Waals surface area contributed by atoms with Gasteiger partial charge in [-0.2, -0.15) is 11.8 Å². The van der Waals surface area contributed by atoms with Gasteiger partial charge in [0.25, 0.3) is 0 Å². The number of fused-ring (bicyclic) bond motifs is 1. The third-order valence-electron chi connectivity index (χ3n) is 21.4. The number of ketones is 3. The first-order valence-corrected chi connectivity index (χ1v) is 43.4. The molecule has 8 heterocycles. The number of nitrogens with zero attached hydrogens (tertiary/aromatic N) is 9. The number of thioether (sulfide) groups is 1. The number of unbranched alkanes of at least 4 members (excludes halogenated alkanes) is 6. The number of allylic oxidation sites excluding steroid dienone is 2. The molecule has 2 aliphatic rings. The molecule has 18 nitrogen and oxygen atoms in total. The fraction of sp³-hybridized carbons (Fsp3) is 0.307. The summed E-state index contributed by atoms with van der Waals surface area (Å²) in [6.07, 6.45) is 27.8. The number of pyridine rings is 6. The number of hydrogen-bond donors (Lipinski definition) is 2. The fourth-order valence-corrected chi connectivity index (χ4v) is 17.0. The molecule has 0 aliphatic carbocycles. The molecule has 616 valence electrons. The summed E-state index contributed by atoms with van der Waals surface area (Å²) in [6, 6.07) is 79.6. The van der Waals surface area contributed by atoms with E-state index < -0.39 is 0 Å². The molecule has 2 amide bonds. The largest absolute Gasteiger partial charge is 2.00 e. The summed E-state index contributed by atoms with van der Waals surface area (Å²) in [5.74, 6) is 3.77. The molecule has 3 unspecified atom stereocenters. The number of hydrogen-bond acceptors (Lipinski definition) is 17. The number of carbonyl (C=O) groups is 4. The summed E-state index contributed by atoms with van der Waals surface area (Å²) in [4.78, 5) is 83.5. The Balaban J connectivity index is 0.000000192. The van der Waals surface area contributed by atoms with Crippen LogP contribution in [-0.2, 0) is 138 Å². The Bertz CT molecular complexity index is 5210. The quantitative estimate of drug-likeness (QED) is 0.0120. The first-order chi connectivity index (χ1) is 59.0. The summed E-state index contributed by atoms with van der Waals surface area (Å²) < 4.78 is 18.0. The molecule has 0 radical (unpaired) electrons. The summed E-state index contributed by atoms with van der Waals surface area (Å²) in [5.41, 5.74) is 10.6. The Labute approximate surface area is 766 Å². The number of urea groups is 1. The average molecular weight is 1820 g/mol. The molecule has 3 atom stereocenters. The Hall–Kier alpha value is -10.00. The van der Waals surface area contributed by atoms with Crippen molar-refractivity contribution in [1.29, 1.82) is 0 Å². The van der Waals surface area contributed by atoms with E-state index in [2.05, 4.69) is 159 Å². The van der Waals surface area contributed by atoms with Crippen molar-refractivity contribution in [2.75, 3.05) is 25.6 Å². The topological polar surface area (TPSA) is 207 Å². The van der Waals surface area contributed by atoms with Crippen molar-refractivity contribution < 1.29 is 91.8 Å². The van der Waals surface area contributed by atoms with Gasteiger partial charge in [0.15, 0.2) is 0 Å². The van der Waals surface area contributed by atoms with Gasteiger partial charge in [0, 0.05) is 146 Å². The van der Waals surface area contributed by atoms with Crippen LogP contribution in [0.1, 0.15) is 147 Å². The van der Waals surface area contributed by atoms with Crippen LogP contribution in [-0.4, -0.2) is 111 Å². The Morgan fingerprint density at radius 1 is 0.398 bits per heavy atom. The molecule has 2 N–H and O–H groups in total. The second kappa shape index (κ2) is 51.9. The van der Waals surface area contributed by atoms with E-state index in [9.17, 15) is 19.2 Å². The second-order valence-electron chi connectivity index (χ2n) is 30.9. The molecule has 0 bridgehead atoms. The smallest absolute Gasteiger partial charge is 0.493 e. The summed E-state index contributed by atoms with van der Waals surface area (Å²) in [5, 5.41) is 13.3. The number of nitrogens with one attached hydrogen (secondary N) is 2. The molecule has 13 aromatic rings. The van der Waals surface area contributed by atoms with Gasteiger partial charge in [0.1, 0.15) is 34.6 Å². The number of ether oxygens (including phenoxy) is 3. The summed E-state index contributed by atoms with van der Waals surface area (Å²) in [6.45, 7) is 9.80. The van der Waals surface area contributed by atoms with Crippen molar-refractivity contribution in [2.24, 2.45) is 0 Å². The first kappa shape index (κ1) is 95.2. The minimum atomic E-state index is -0.130. The van der Waals surface area contributed by atoms with Gasteiger partial charge in [-0.25, -0.2) is 4.79 Å². The van der Waals surface area contributed by atoms with Crippen molar-refractivity contribution in [3.05, 3.63) is 342 Å². The van der Waals surface area contributed by atoms with E-state index in [1.165, 1.54) is 65.5 Å². The van der Waals surface area contributed by atoms with Crippen LogP contribution in [0.4, 0.5) is 4.79 Å². The summed E-state index contributed by atoms with van der Waals surface area (Å²) >= 11 is 1.75. The molecule has 0 spiro atoms. The van der Waals surface area contributed by atoms with Crippen LogP contribution in [0.5, 0.6) is 17.2 Å². The number of Topliss-reactive ketones (excluding diaryl/α,β-unsaturated/α-hetero) is 3. The van der Waals surface area contributed by atoms with Crippen molar-refractivity contribution in [3.8, 4) is 17.2 Å². The number of amides is 2. The van der Waals surface area contributed by atoms with Crippen LogP contribution in [0.2, 0.25) is 0 Å². The number of benzene rings is 7. The Morgan fingerprint density at radius 2 is 0.789 bits per heavy atom. The number of rotatable bonds is 44. The molecule has 2 saturated heterocycles. The van der Waals surface area contributed by atoms with E-state index in [1.54, 1.807) is 11.8 Å². The van der Waals surface area contributed by atoms with Gasteiger partial charge in [-0.15, -0.1) is 0 Å². The van der Waals surface area contributed by atoms with Crippen molar-refractivity contribution >= 4 is 67.5 Å². The van der Waals surface area contributed by atoms with E-state index in [0.29, 0.717) is 91.1 Å². The maximum absolute atomic E-state index is 13.1. The maximum atomic E-state index is 13.1. The zero-order chi connectivity index (χ0) is 82.6. The van der Waals surface area contributed by atoms with E-state index >= 15 is 0 Å². The van der Waals surface area contributed by atoms with Gasteiger partial charge in [-0.05, 0) is 183 Å². The molecular formula is C101H109N11O7SZn3+6. The van der Waals surface area contributed by atoms with Crippen LogP contribution in [0, 0.1) is 0 Å². The molecule has 7 aromatic carbocycles. The van der Waals surface area contributed by atoms with Crippen LogP contribution < -0.4 is 24.8 Å². The molecule has 2 fully saturated rings. The standard InChI is InChI=1S/C39H33N3O2.C34H45N3O2.C28H31N5O3S.3Zn/c43-35(24-32-16-15-31-14-13-29-8-6-9-30-17-18-37(32)39(31)38(29)30)19-22-44-36-12-5-7-28(23-36)25-42(26-33-10-1-3-20-40-33)27-34-11-2-4-21-41-34;1-2-3-4-5-6-7-8-9-10-11-20-33(38)22-25-39-34-21-16-17-30(26-34)27-37(28-31-18-12-14-23-35-31)29-32-19-13-15-24-36-32;34-23(15-26-27-25(19-37-26)31-28(35)32-27)10-13-36-24-9-5-6-20(14-24)16-33(17-21-7-1-3-11-29-21)18-22-8-2-4-12-30-22;;;/h1-18,20-21,23H,19,22,24-27H2;9-10,12-19,21,23-24,26H,2-8,11,20,22,25,27-29H2,1H3;1-9,11-12,14,25-27H,10,13,15-19H2,(H2,31,32,35);;;/q;;;3*+2/b;10-9-;;;;. The zero-order valence-electron chi connectivity index (χ0n) is 70.9. The van der Waals surface area contributed by atoms with Crippen LogP contribution >= 0.6 is 11.8 Å². The third-order valence-corrected chi connectivity index (χ3v) is 22.8. The van der Waals surface area contributed by atoms with Gasteiger partial charge in [-0.3, -0.25) is 59.0 Å². The number of carbonyl (C=O) groups excluding carboxylic acids is 4. The molecular weight excluding hydrogens is 1710 g/mol. The van der Waals surface area contributed by atoms with E-state index in [1.807, 2.05) is 189 Å². The minimum Gasteiger partial charge on any atom is -0.493 e. The average Bonchev–Trinajstić information content (AvgIpc) is 1.55. The molecule has 0 saturated carbocycles. The van der Waals surface area contributed by atoms with Crippen LogP contribution in [0.3, 0.4) is 0 Å². The van der Waals surface area contributed by atoms with Crippen molar-refractivity contribution in [1.82, 2.24) is 55.2 Å². The fourth-order valence-electron chi connectivity index (χ4n) is 15.4. The van der Waals surface area contributed by atoms with Crippen molar-refractivity contribution in [2.45, 2.75) is 173 Å². The van der Waals surface area contributed by atoms with Gasteiger partial charge in [-0.1, -0.05) is 179 Å². The SMILES string of the molecule is CCCCCCCC/C=C\CCC(=O)CCOc1cccc(CN(Cc2ccccn2)Cc2ccccn2)c1.O=C(CCOc1cccc(CN(Cc2ccccn2)Cc2ccccn2)c1)CC1SCC2NC(=O)NC21.O=C(CCOc1cccc(CN(Cc2ccccn2)Cc2ccccn2)c1)Cc1ccc2ccc3cccc4ccc1c2c34.[Zn+2].[Zn+2].[Zn+2]. The van der Waals surface area contributed by atoms with Crippen LogP contribution in [0.15, 0.2) is 286 Å². The third kappa shape index (κ3) is 31.3. The van der Waals surface area contributed by atoms with E-state index in [0.717, 1.165) is 124 Å².